The quantitative estimate of drug-likeness (QED) is 0.597. The number of hydrogen-bond donors (Lipinski definition) is 0. The highest BCUT2D eigenvalue weighted by Gasteiger charge is 2.40. The van der Waals surface area contributed by atoms with Gasteiger partial charge in [0.15, 0.2) is 6.20 Å². The number of ketones is 1. The number of Topliss-reactive ketones (excluding diaryl/α,β-unsaturated/α-hetero) is 1. The van der Waals surface area contributed by atoms with E-state index in [1.807, 2.05) is 11.3 Å². The lowest BCUT2D eigenvalue weighted by atomic mass is 9.93. The van der Waals surface area contributed by atoms with Gasteiger partial charge >= 0.3 is 15.8 Å². The number of carbonyl (C=O) groups excluding carboxylic acids is 1. The molecule has 8 nitrogen and oxygen atoms in total. The average Bonchev–Trinajstić information content (AvgIpc) is 3.43. The molecule has 0 saturated heterocycles. The maximum atomic E-state index is 13.2. The third-order valence-electron chi connectivity index (χ3n) is 6.14. The van der Waals surface area contributed by atoms with Crippen molar-refractivity contribution in [3.05, 3.63) is 47.5 Å². The van der Waals surface area contributed by atoms with Crippen LogP contribution < -0.4 is 0 Å². The van der Waals surface area contributed by atoms with Crippen molar-refractivity contribution in [2.45, 2.75) is 50.3 Å². The zero-order valence-electron chi connectivity index (χ0n) is 16.8. The summed E-state index contributed by atoms with van der Waals surface area (Å²) >= 11 is 0. The Morgan fingerprint density at radius 3 is 2.67 bits per heavy atom. The first-order valence-electron chi connectivity index (χ1n) is 10.1. The van der Waals surface area contributed by atoms with Gasteiger partial charge in [-0.2, -0.15) is 8.42 Å². The molecule has 3 aromatic rings. The number of nitrogens with zero attached hydrogens (tertiary/aromatic N) is 5. The number of rotatable bonds is 4. The molecule has 2 atom stereocenters. The SMILES string of the molecule is CCC1CC(=O)CC1c1nnc2cnc3c(n12)CC=[N+]3S(=O)(=O)c1ccc(C)cc1. The van der Waals surface area contributed by atoms with Crippen molar-refractivity contribution in [1.29, 1.82) is 0 Å². The lowest BCUT2D eigenvalue weighted by molar-refractivity contribution is -0.257. The van der Waals surface area contributed by atoms with Gasteiger partial charge < -0.3 is 0 Å². The molecular weight excluding hydrogens is 402 g/mol. The maximum absolute atomic E-state index is 13.2. The molecule has 9 heteroatoms. The van der Waals surface area contributed by atoms with Crippen molar-refractivity contribution in [3.8, 4) is 0 Å². The number of carbonyl (C=O) groups is 1. The Kier molecular flexibility index (Phi) is 4.32. The van der Waals surface area contributed by atoms with E-state index in [9.17, 15) is 13.2 Å². The minimum Gasteiger partial charge on any atom is -0.300 e. The van der Waals surface area contributed by atoms with Gasteiger partial charge in [-0.1, -0.05) is 31.0 Å². The van der Waals surface area contributed by atoms with Crippen LogP contribution in [-0.4, -0.2) is 44.0 Å². The predicted molar refractivity (Wildman–Crippen MR) is 110 cm³/mol. The van der Waals surface area contributed by atoms with Gasteiger partial charge in [-0.05, 0) is 30.0 Å². The smallest absolute Gasteiger partial charge is 0.300 e. The first-order chi connectivity index (χ1) is 14.4. The van der Waals surface area contributed by atoms with Crippen molar-refractivity contribution < 1.29 is 17.2 Å². The summed E-state index contributed by atoms with van der Waals surface area (Å²) in [4.78, 5) is 16.7. The standard InChI is InChI=1S/C21H22N5O3S/c1-3-14-10-15(27)11-17(14)20-24-23-19-12-22-21-18(26(19)20)8-9-25(21)30(28,29)16-6-4-13(2)5-7-16/h4-7,9,12,14,17H,3,8,10-11H2,1-2H3/q+1. The van der Waals surface area contributed by atoms with E-state index in [0.717, 1.165) is 23.5 Å². The Morgan fingerprint density at radius 2 is 1.93 bits per heavy atom. The number of fused-ring (bicyclic) bond motifs is 3. The van der Waals surface area contributed by atoms with Crippen LogP contribution in [-0.2, 0) is 21.2 Å². The second kappa shape index (κ2) is 6.80. The van der Waals surface area contributed by atoms with Crippen molar-refractivity contribution in [1.82, 2.24) is 19.6 Å². The Bertz CT molecular complexity index is 1310. The largest absolute Gasteiger partial charge is 0.358 e. The fourth-order valence-electron chi connectivity index (χ4n) is 4.52. The van der Waals surface area contributed by atoms with E-state index in [2.05, 4.69) is 22.1 Å². The lowest BCUT2D eigenvalue weighted by Gasteiger charge is -2.15. The highest BCUT2D eigenvalue weighted by molar-refractivity contribution is 7.85. The average molecular weight is 425 g/mol. The van der Waals surface area contributed by atoms with Gasteiger partial charge in [0.2, 0.25) is 5.65 Å². The minimum atomic E-state index is -3.77. The van der Waals surface area contributed by atoms with Crippen molar-refractivity contribution in [2.75, 3.05) is 0 Å². The monoisotopic (exact) mass is 424 g/mol. The van der Waals surface area contributed by atoms with Gasteiger partial charge in [-0.15, -0.1) is 14.2 Å². The van der Waals surface area contributed by atoms with E-state index in [1.165, 1.54) is 3.98 Å². The summed E-state index contributed by atoms with van der Waals surface area (Å²) in [6.07, 6.45) is 5.47. The Labute approximate surface area is 174 Å². The van der Waals surface area contributed by atoms with Crippen molar-refractivity contribution >= 4 is 33.5 Å². The van der Waals surface area contributed by atoms with Gasteiger partial charge in [-0.25, -0.2) is 0 Å². The molecule has 0 spiro atoms. The second-order valence-corrected chi connectivity index (χ2v) is 9.82. The van der Waals surface area contributed by atoms with Crippen molar-refractivity contribution in [3.63, 3.8) is 0 Å². The summed E-state index contributed by atoms with van der Waals surface area (Å²) in [7, 11) is -3.77. The van der Waals surface area contributed by atoms with Gasteiger partial charge in [0.05, 0.1) is 12.6 Å². The summed E-state index contributed by atoms with van der Waals surface area (Å²) in [5, 5.41) is 8.63. The van der Waals surface area contributed by atoms with E-state index in [4.69, 9.17) is 0 Å². The first-order valence-corrected chi connectivity index (χ1v) is 11.5. The molecule has 154 valence electrons. The molecule has 2 aromatic heterocycles. The molecule has 1 saturated carbocycles. The molecule has 0 bridgehead atoms. The number of sulfonamides is 1. The van der Waals surface area contributed by atoms with Crippen LogP contribution in [0.25, 0.3) is 5.65 Å². The highest BCUT2D eigenvalue weighted by atomic mass is 32.2. The van der Waals surface area contributed by atoms with Crippen LogP contribution in [0, 0.1) is 12.8 Å². The van der Waals surface area contributed by atoms with E-state index in [-0.39, 0.29) is 22.5 Å². The van der Waals surface area contributed by atoms with Crippen molar-refractivity contribution in [2.24, 2.45) is 5.92 Å². The molecule has 3 heterocycles. The van der Waals surface area contributed by atoms with Crippen LogP contribution >= 0.6 is 0 Å². The van der Waals surface area contributed by atoms with Crippen LogP contribution in [0.3, 0.4) is 0 Å². The molecule has 2 aliphatic rings. The van der Waals surface area contributed by atoms with E-state index in [1.54, 1.807) is 36.7 Å². The summed E-state index contributed by atoms with van der Waals surface area (Å²) < 4.78 is 29.6. The summed E-state index contributed by atoms with van der Waals surface area (Å²) in [5.74, 6) is 1.55. The van der Waals surface area contributed by atoms with Crippen LogP contribution in [0.2, 0.25) is 0 Å². The molecular formula is C21H22N5O3S+. The molecule has 0 N–H and O–H groups in total. The van der Waals surface area contributed by atoms with E-state index in [0.29, 0.717) is 30.7 Å². The number of hydrogen-bond acceptors (Lipinski definition) is 6. The predicted octanol–water partition coefficient (Wildman–Crippen LogP) is 2.57. The highest BCUT2D eigenvalue weighted by Crippen LogP contribution is 2.40. The first kappa shape index (κ1) is 19.0. The Morgan fingerprint density at radius 1 is 1.17 bits per heavy atom. The van der Waals surface area contributed by atoms with Crippen LogP contribution in [0.1, 0.15) is 49.2 Å². The summed E-state index contributed by atoms with van der Waals surface area (Å²) in [6.45, 7) is 3.99. The van der Waals surface area contributed by atoms with Gasteiger partial charge in [0.1, 0.15) is 22.2 Å². The minimum absolute atomic E-state index is 0.00763. The molecule has 30 heavy (non-hydrogen) atoms. The molecule has 0 amide bonds. The third-order valence-corrected chi connectivity index (χ3v) is 7.85. The van der Waals surface area contributed by atoms with Gasteiger partial charge in [0, 0.05) is 18.8 Å². The normalized spacial score (nSPS) is 21.3. The lowest BCUT2D eigenvalue weighted by Crippen LogP contribution is -2.17. The zero-order valence-corrected chi connectivity index (χ0v) is 17.6. The van der Waals surface area contributed by atoms with E-state index >= 15 is 0 Å². The van der Waals surface area contributed by atoms with Gasteiger partial charge in [0.25, 0.3) is 0 Å². The molecule has 1 aromatic carbocycles. The zero-order chi connectivity index (χ0) is 21.0. The molecule has 1 aliphatic heterocycles. The Hall–Kier alpha value is -2.94. The Balaban J connectivity index is 1.62. The fraction of sp³-hybridized carbons (Fsp3) is 0.381. The van der Waals surface area contributed by atoms with E-state index < -0.39 is 10.0 Å². The summed E-state index contributed by atoms with van der Waals surface area (Å²) in [5.41, 5.74) is 2.30. The fourth-order valence-corrected chi connectivity index (χ4v) is 5.88. The van der Waals surface area contributed by atoms with Gasteiger partial charge in [-0.3, -0.25) is 9.20 Å². The molecule has 1 fully saturated rings. The topological polar surface area (TPSA) is 97.3 Å². The number of aryl methyl sites for hydroxylation is 1. The third kappa shape index (κ3) is 2.79. The van der Waals surface area contributed by atoms with Crippen LogP contribution in [0.5, 0.6) is 0 Å². The number of benzene rings is 1. The summed E-state index contributed by atoms with van der Waals surface area (Å²) in [6, 6.07) is 6.77. The molecule has 0 radical (unpaired) electrons. The molecule has 1 aliphatic carbocycles. The van der Waals surface area contributed by atoms with Crippen LogP contribution in [0.15, 0.2) is 35.4 Å². The number of aromatic nitrogens is 4. The molecule has 2 unspecified atom stereocenters. The maximum Gasteiger partial charge on any atom is 0.358 e. The second-order valence-electron chi connectivity index (χ2n) is 8.00. The van der Waals surface area contributed by atoms with Crippen LogP contribution in [0.4, 0.5) is 5.82 Å². The molecule has 5 rings (SSSR count).